The first-order chi connectivity index (χ1) is 18.5. The molecule has 1 aromatic carbocycles. The van der Waals surface area contributed by atoms with Crippen molar-refractivity contribution >= 4 is 28.9 Å². The molecule has 7 nitrogen and oxygen atoms in total. The van der Waals surface area contributed by atoms with Crippen LogP contribution in [0.1, 0.15) is 49.7 Å². The molecule has 8 heteroatoms. The second-order valence-corrected chi connectivity index (χ2v) is 12.7. The molecule has 0 radical (unpaired) electrons. The lowest BCUT2D eigenvalue weighted by molar-refractivity contribution is -0.113. The van der Waals surface area contributed by atoms with E-state index in [0.29, 0.717) is 29.7 Å². The van der Waals surface area contributed by atoms with E-state index < -0.39 is 0 Å². The number of morpholine rings is 1. The Kier molecular flexibility index (Phi) is 6.00. The van der Waals surface area contributed by atoms with Crippen molar-refractivity contribution in [1.29, 1.82) is 0 Å². The number of ether oxygens (including phenoxy) is 2. The predicted molar refractivity (Wildman–Crippen MR) is 148 cm³/mol. The molecule has 2 aromatic rings. The van der Waals surface area contributed by atoms with E-state index in [1.807, 2.05) is 24.3 Å². The Labute approximate surface area is 227 Å². The molecule has 1 aromatic heterocycles. The zero-order valence-electron chi connectivity index (χ0n) is 21.7. The van der Waals surface area contributed by atoms with Gasteiger partial charge in [-0.1, -0.05) is 6.07 Å². The Bertz CT molecular complexity index is 1310. The van der Waals surface area contributed by atoms with Gasteiger partial charge in [0.2, 0.25) is 5.88 Å². The van der Waals surface area contributed by atoms with Gasteiger partial charge in [0.1, 0.15) is 5.75 Å². The van der Waals surface area contributed by atoms with Crippen LogP contribution < -0.4 is 4.74 Å². The van der Waals surface area contributed by atoms with Gasteiger partial charge in [-0.25, -0.2) is 4.98 Å². The van der Waals surface area contributed by atoms with Crippen LogP contribution in [0, 0.1) is 17.8 Å². The Balaban J connectivity index is 1.21. The van der Waals surface area contributed by atoms with E-state index in [0.717, 1.165) is 58.3 Å². The summed E-state index contributed by atoms with van der Waals surface area (Å²) < 4.78 is 11.1. The number of hydrogen-bond acceptors (Lipinski definition) is 7. The van der Waals surface area contributed by atoms with Crippen LogP contribution in [0.5, 0.6) is 11.6 Å². The van der Waals surface area contributed by atoms with Crippen LogP contribution in [0.3, 0.4) is 0 Å². The smallest absolute Gasteiger partial charge is 0.286 e. The molecule has 3 heterocycles. The summed E-state index contributed by atoms with van der Waals surface area (Å²) in [5, 5.41) is 11.8. The Hall–Kier alpha value is -2.84. The van der Waals surface area contributed by atoms with Gasteiger partial charge in [-0.2, -0.15) is 4.99 Å². The maximum atomic E-state index is 12.7. The molecule has 2 aliphatic heterocycles. The number of carbonyl (C=O) groups is 1. The van der Waals surface area contributed by atoms with Crippen molar-refractivity contribution in [2.75, 3.05) is 33.4 Å². The largest absolute Gasteiger partial charge is 0.508 e. The van der Waals surface area contributed by atoms with Crippen molar-refractivity contribution in [3.8, 4) is 22.8 Å². The molecule has 1 N–H and O–H groups in total. The van der Waals surface area contributed by atoms with Crippen LogP contribution in [-0.4, -0.2) is 59.5 Å². The highest BCUT2D eigenvalue weighted by atomic mass is 32.2. The molecule has 198 valence electrons. The number of methoxy groups -OCH3 is 1. The number of carbonyl (C=O) groups excluding carboxylic acids is 1. The standard InChI is InChI=1S/C30H33N3O4S/c1-36-28-23(11-21(17-31-28)12-26-27(35)32-29(38-26)33-4-6-37-7-5-33)22-2-3-25(34)24(13-22)30-14-18-8-19(15-30)10-20(9-18)16-30/h2-3,11-13,17-20,34H,4-10,14-16H2,1H3/b26-12-. The molecule has 6 aliphatic rings. The third-order valence-corrected chi connectivity index (χ3v) is 10.2. The number of aromatic hydroxyl groups is 1. The zero-order chi connectivity index (χ0) is 25.9. The predicted octanol–water partition coefficient (Wildman–Crippen LogP) is 5.23. The minimum absolute atomic E-state index is 0.0786. The van der Waals surface area contributed by atoms with Gasteiger partial charge >= 0.3 is 0 Å². The maximum Gasteiger partial charge on any atom is 0.286 e. The first-order valence-corrected chi connectivity index (χ1v) is 14.5. The Morgan fingerprint density at radius 1 is 1.11 bits per heavy atom. The van der Waals surface area contributed by atoms with Crippen molar-refractivity contribution in [2.24, 2.45) is 22.7 Å². The Morgan fingerprint density at radius 2 is 1.82 bits per heavy atom. The van der Waals surface area contributed by atoms with Gasteiger partial charge in [0.15, 0.2) is 5.17 Å². The van der Waals surface area contributed by atoms with Crippen LogP contribution in [-0.2, 0) is 14.9 Å². The average molecular weight is 532 g/mol. The highest BCUT2D eigenvalue weighted by Gasteiger charge is 2.52. The van der Waals surface area contributed by atoms with E-state index in [4.69, 9.17) is 9.47 Å². The Morgan fingerprint density at radius 3 is 2.50 bits per heavy atom. The first kappa shape index (κ1) is 24.2. The molecule has 0 unspecified atom stereocenters. The number of pyridine rings is 1. The van der Waals surface area contributed by atoms with E-state index >= 15 is 0 Å². The second kappa shape index (κ2) is 9.42. The number of rotatable bonds is 4. The molecule has 8 rings (SSSR count). The normalized spacial score (nSPS) is 31.2. The minimum Gasteiger partial charge on any atom is -0.508 e. The summed E-state index contributed by atoms with van der Waals surface area (Å²) in [5.74, 6) is 3.10. The van der Waals surface area contributed by atoms with E-state index in [1.54, 1.807) is 13.3 Å². The lowest BCUT2D eigenvalue weighted by atomic mass is 9.48. The molecular weight excluding hydrogens is 498 g/mol. The zero-order valence-corrected chi connectivity index (χ0v) is 22.5. The third-order valence-electron chi connectivity index (χ3n) is 9.17. The summed E-state index contributed by atoms with van der Waals surface area (Å²) in [4.78, 5) is 24.2. The fourth-order valence-corrected chi connectivity index (χ4v) is 8.89. The van der Waals surface area contributed by atoms with E-state index in [9.17, 15) is 9.90 Å². The number of amides is 1. The van der Waals surface area contributed by atoms with Crippen molar-refractivity contribution < 1.29 is 19.4 Å². The minimum atomic E-state index is -0.220. The van der Waals surface area contributed by atoms with Crippen LogP contribution in [0.2, 0.25) is 0 Å². The molecule has 5 fully saturated rings. The number of aromatic nitrogens is 1. The fourth-order valence-electron chi connectivity index (χ4n) is 7.92. The SMILES string of the molecule is COc1ncc(/C=C2\SC(N3CCOCC3)=NC2=O)cc1-c1ccc(O)c(C23CC4CC(CC(C4)C2)C3)c1. The number of thioether (sulfide) groups is 1. The number of aliphatic imine (C=N–C) groups is 1. The number of nitrogens with zero attached hydrogens (tertiary/aromatic N) is 3. The van der Waals surface area contributed by atoms with Crippen molar-refractivity contribution in [3.63, 3.8) is 0 Å². The average Bonchev–Trinajstić information content (AvgIpc) is 3.28. The van der Waals surface area contributed by atoms with Gasteiger partial charge in [0.25, 0.3) is 5.91 Å². The summed E-state index contributed by atoms with van der Waals surface area (Å²) in [5.41, 5.74) is 3.82. The maximum absolute atomic E-state index is 12.7. The molecule has 1 amide bonds. The van der Waals surface area contributed by atoms with Crippen LogP contribution in [0.25, 0.3) is 17.2 Å². The summed E-state index contributed by atoms with van der Waals surface area (Å²) in [6, 6.07) is 7.99. The molecule has 4 bridgehead atoms. The molecular formula is C30H33N3O4S. The first-order valence-electron chi connectivity index (χ1n) is 13.7. The van der Waals surface area contributed by atoms with Crippen molar-refractivity contribution in [1.82, 2.24) is 9.88 Å². The van der Waals surface area contributed by atoms with Crippen LogP contribution >= 0.6 is 11.8 Å². The molecule has 4 aliphatic carbocycles. The molecule has 38 heavy (non-hydrogen) atoms. The lowest BCUT2D eigenvalue weighted by Crippen LogP contribution is -2.48. The van der Waals surface area contributed by atoms with E-state index in [-0.39, 0.29) is 11.3 Å². The number of phenolic OH excluding ortho intramolecular Hbond substituents is 1. The highest BCUT2D eigenvalue weighted by molar-refractivity contribution is 8.18. The third kappa shape index (κ3) is 4.22. The topological polar surface area (TPSA) is 84.3 Å². The van der Waals surface area contributed by atoms with Gasteiger partial charge in [-0.3, -0.25) is 4.79 Å². The van der Waals surface area contributed by atoms with Crippen molar-refractivity contribution in [2.45, 2.75) is 43.9 Å². The number of hydrogen-bond donors (Lipinski definition) is 1. The molecule has 0 atom stereocenters. The number of amidine groups is 1. The summed E-state index contributed by atoms with van der Waals surface area (Å²) in [6.07, 6.45) is 11.2. The van der Waals surface area contributed by atoms with Crippen LogP contribution in [0.15, 0.2) is 40.4 Å². The fraction of sp³-hybridized carbons (Fsp3) is 0.500. The summed E-state index contributed by atoms with van der Waals surface area (Å²) in [6.45, 7) is 2.79. The highest BCUT2D eigenvalue weighted by Crippen LogP contribution is 2.62. The van der Waals surface area contributed by atoms with Crippen molar-refractivity contribution in [3.05, 3.63) is 46.5 Å². The quantitative estimate of drug-likeness (QED) is 0.541. The molecule has 1 saturated heterocycles. The number of benzene rings is 1. The summed E-state index contributed by atoms with van der Waals surface area (Å²) in [7, 11) is 1.63. The monoisotopic (exact) mass is 531 g/mol. The van der Waals surface area contributed by atoms with Gasteiger partial charge in [-0.15, -0.1) is 0 Å². The van der Waals surface area contributed by atoms with Gasteiger partial charge in [0, 0.05) is 30.4 Å². The van der Waals surface area contributed by atoms with Crippen LogP contribution in [0.4, 0.5) is 0 Å². The second-order valence-electron chi connectivity index (χ2n) is 11.7. The van der Waals surface area contributed by atoms with Gasteiger partial charge < -0.3 is 19.5 Å². The van der Waals surface area contributed by atoms with Gasteiger partial charge in [0.05, 0.1) is 25.2 Å². The summed E-state index contributed by atoms with van der Waals surface area (Å²) >= 11 is 1.41. The van der Waals surface area contributed by atoms with E-state index in [1.165, 1.54) is 50.3 Å². The van der Waals surface area contributed by atoms with Gasteiger partial charge in [-0.05, 0) is 109 Å². The lowest BCUT2D eigenvalue weighted by Gasteiger charge is -2.57. The number of phenols is 1. The molecule has 4 saturated carbocycles. The molecule has 0 spiro atoms. The van der Waals surface area contributed by atoms with E-state index in [2.05, 4.69) is 20.9 Å².